The fourth-order valence-electron chi connectivity index (χ4n) is 1.97. The molecule has 0 radical (unpaired) electrons. The molecule has 1 aromatic carbocycles. The van der Waals surface area contributed by atoms with Gasteiger partial charge in [0.25, 0.3) is 0 Å². The topological polar surface area (TPSA) is 55.6 Å². The van der Waals surface area contributed by atoms with E-state index in [1.165, 1.54) is 4.88 Å². The van der Waals surface area contributed by atoms with Crippen molar-refractivity contribution in [2.45, 2.75) is 13.5 Å². The first-order valence-corrected chi connectivity index (χ1v) is 8.19. The van der Waals surface area contributed by atoms with Crippen molar-refractivity contribution in [2.75, 3.05) is 24.3 Å². The summed E-state index contributed by atoms with van der Waals surface area (Å²) in [6.45, 7) is 2.88. The number of benzene rings is 1. The summed E-state index contributed by atoms with van der Waals surface area (Å²) >= 11 is 5.12. The number of carbonyl (C=O) groups excluding carboxylic acids is 1. The van der Waals surface area contributed by atoms with Crippen molar-refractivity contribution in [1.29, 1.82) is 0 Å². The van der Waals surface area contributed by atoms with E-state index >= 15 is 0 Å². The molecule has 4 nitrogen and oxygen atoms in total. The third-order valence-corrected chi connectivity index (χ3v) is 4.65. The number of thiophene rings is 1. The van der Waals surface area contributed by atoms with Crippen LogP contribution in [-0.2, 0) is 11.3 Å². The van der Waals surface area contributed by atoms with Crippen molar-refractivity contribution in [3.63, 3.8) is 0 Å². The van der Waals surface area contributed by atoms with Crippen molar-refractivity contribution >= 4 is 44.6 Å². The largest absolute Gasteiger partial charge is 0.462 e. The number of esters is 1. The summed E-state index contributed by atoms with van der Waals surface area (Å²) in [5.74, 6) is -0.328. The smallest absolute Gasteiger partial charge is 0.338 e. The minimum atomic E-state index is -0.328. The molecule has 2 aromatic rings. The first kappa shape index (κ1) is 15.9. The van der Waals surface area contributed by atoms with Crippen LogP contribution in [0.5, 0.6) is 0 Å². The first-order valence-electron chi connectivity index (χ1n) is 6.52. The van der Waals surface area contributed by atoms with Gasteiger partial charge in [0.05, 0.1) is 30.1 Å². The van der Waals surface area contributed by atoms with Crippen molar-refractivity contribution in [3.8, 4) is 0 Å². The van der Waals surface area contributed by atoms with Gasteiger partial charge in [0.15, 0.2) is 0 Å². The van der Waals surface area contributed by atoms with E-state index in [1.54, 1.807) is 36.5 Å². The Morgan fingerprint density at radius 3 is 2.81 bits per heavy atom. The lowest BCUT2D eigenvalue weighted by Crippen LogP contribution is -2.18. The van der Waals surface area contributed by atoms with Gasteiger partial charge in [0.1, 0.15) is 0 Å². The Kier molecular flexibility index (Phi) is 5.25. The van der Waals surface area contributed by atoms with Crippen LogP contribution >= 0.6 is 27.3 Å². The quantitative estimate of drug-likeness (QED) is 0.642. The molecule has 0 atom stereocenters. The van der Waals surface area contributed by atoms with Gasteiger partial charge >= 0.3 is 5.97 Å². The molecule has 6 heteroatoms. The van der Waals surface area contributed by atoms with Crippen LogP contribution in [0.3, 0.4) is 0 Å². The van der Waals surface area contributed by atoms with Crippen LogP contribution in [0, 0.1) is 0 Å². The fourth-order valence-corrected chi connectivity index (χ4v) is 3.47. The third-order valence-electron chi connectivity index (χ3n) is 2.97. The Balaban J connectivity index is 2.21. The minimum absolute atomic E-state index is 0.328. The normalized spacial score (nSPS) is 10.4. The number of nitrogen functional groups attached to an aromatic ring is 1. The van der Waals surface area contributed by atoms with Gasteiger partial charge in [-0.3, -0.25) is 0 Å². The fraction of sp³-hybridized carbons (Fsp3) is 0.267. The molecular formula is C15H17BrN2O2S. The zero-order valence-electron chi connectivity index (χ0n) is 11.9. The SMILES string of the molecule is CCOC(=O)c1ccc(N)c(N(C)Cc2cc(Br)cs2)c1. The van der Waals surface area contributed by atoms with Crippen molar-refractivity contribution < 1.29 is 9.53 Å². The Hall–Kier alpha value is -1.53. The molecule has 0 spiro atoms. The highest BCUT2D eigenvalue weighted by Crippen LogP contribution is 2.27. The summed E-state index contributed by atoms with van der Waals surface area (Å²) in [5, 5.41) is 2.04. The molecule has 1 heterocycles. The van der Waals surface area contributed by atoms with Crippen LogP contribution in [0.4, 0.5) is 11.4 Å². The van der Waals surface area contributed by atoms with E-state index in [2.05, 4.69) is 22.0 Å². The lowest BCUT2D eigenvalue weighted by Gasteiger charge is -2.21. The predicted molar refractivity (Wildman–Crippen MR) is 90.9 cm³/mol. The molecule has 21 heavy (non-hydrogen) atoms. The van der Waals surface area contributed by atoms with Crippen LogP contribution in [0.1, 0.15) is 22.2 Å². The Bertz CT molecular complexity index is 642. The van der Waals surface area contributed by atoms with Gasteiger partial charge in [-0.2, -0.15) is 0 Å². The number of carbonyl (C=O) groups is 1. The number of ether oxygens (including phenoxy) is 1. The zero-order chi connectivity index (χ0) is 15.4. The molecule has 2 N–H and O–H groups in total. The number of anilines is 2. The van der Waals surface area contributed by atoms with Crippen LogP contribution in [0.25, 0.3) is 0 Å². The van der Waals surface area contributed by atoms with Gasteiger partial charge in [-0.1, -0.05) is 0 Å². The summed E-state index contributed by atoms with van der Waals surface area (Å²) < 4.78 is 6.10. The van der Waals surface area contributed by atoms with Gasteiger partial charge in [-0.05, 0) is 47.1 Å². The zero-order valence-corrected chi connectivity index (χ0v) is 14.3. The maximum atomic E-state index is 11.8. The third kappa shape index (κ3) is 3.98. The average molecular weight is 369 g/mol. The summed E-state index contributed by atoms with van der Waals surface area (Å²) in [6.07, 6.45) is 0. The summed E-state index contributed by atoms with van der Waals surface area (Å²) in [4.78, 5) is 15.0. The molecule has 0 amide bonds. The van der Waals surface area contributed by atoms with E-state index in [9.17, 15) is 4.79 Å². The van der Waals surface area contributed by atoms with Gasteiger partial charge in [-0.25, -0.2) is 4.79 Å². The molecule has 0 aliphatic heterocycles. The molecular weight excluding hydrogens is 352 g/mol. The van der Waals surface area contributed by atoms with Crippen LogP contribution in [0.2, 0.25) is 0 Å². The number of hydrogen-bond donors (Lipinski definition) is 1. The van der Waals surface area contributed by atoms with E-state index in [0.29, 0.717) is 17.9 Å². The van der Waals surface area contributed by atoms with E-state index in [-0.39, 0.29) is 5.97 Å². The predicted octanol–water partition coefficient (Wildman–Crippen LogP) is 3.91. The lowest BCUT2D eigenvalue weighted by molar-refractivity contribution is 0.0526. The van der Waals surface area contributed by atoms with E-state index in [1.807, 2.05) is 17.3 Å². The highest BCUT2D eigenvalue weighted by atomic mass is 79.9. The molecule has 0 aliphatic carbocycles. The molecule has 0 unspecified atom stereocenters. The number of rotatable bonds is 5. The monoisotopic (exact) mass is 368 g/mol. The average Bonchev–Trinajstić information content (AvgIpc) is 2.84. The molecule has 0 fully saturated rings. The van der Waals surface area contributed by atoms with E-state index in [4.69, 9.17) is 10.5 Å². The van der Waals surface area contributed by atoms with E-state index in [0.717, 1.165) is 16.7 Å². The highest BCUT2D eigenvalue weighted by molar-refractivity contribution is 9.10. The van der Waals surface area contributed by atoms with Crippen LogP contribution < -0.4 is 10.6 Å². The summed E-state index contributed by atoms with van der Waals surface area (Å²) in [6, 6.07) is 7.28. The van der Waals surface area contributed by atoms with Crippen LogP contribution in [-0.4, -0.2) is 19.6 Å². The first-order chi connectivity index (χ1) is 10.0. The van der Waals surface area contributed by atoms with Crippen molar-refractivity contribution in [3.05, 3.63) is 44.6 Å². The van der Waals surface area contributed by atoms with E-state index < -0.39 is 0 Å². The van der Waals surface area contributed by atoms with Crippen LogP contribution in [0.15, 0.2) is 34.1 Å². The van der Waals surface area contributed by atoms with Gasteiger partial charge in [0, 0.05) is 21.8 Å². The Morgan fingerprint density at radius 1 is 1.43 bits per heavy atom. The standard InChI is InChI=1S/C15H17BrN2O2S/c1-3-20-15(19)10-4-5-13(17)14(6-10)18(2)8-12-7-11(16)9-21-12/h4-7,9H,3,8,17H2,1-2H3. The van der Waals surface area contributed by atoms with Gasteiger partial charge in [-0.15, -0.1) is 11.3 Å². The summed E-state index contributed by atoms with van der Waals surface area (Å²) in [5.41, 5.74) is 8.00. The molecule has 112 valence electrons. The Labute approximate surface area is 136 Å². The molecule has 0 bridgehead atoms. The second kappa shape index (κ2) is 6.95. The van der Waals surface area contributed by atoms with Crippen molar-refractivity contribution in [1.82, 2.24) is 0 Å². The highest BCUT2D eigenvalue weighted by Gasteiger charge is 2.13. The second-order valence-corrected chi connectivity index (χ2v) is 6.49. The number of nitrogens with two attached hydrogens (primary N) is 1. The second-order valence-electron chi connectivity index (χ2n) is 4.58. The number of nitrogens with zero attached hydrogens (tertiary/aromatic N) is 1. The minimum Gasteiger partial charge on any atom is -0.462 e. The maximum absolute atomic E-state index is 11.8. The molecule has 0 saturated heterocycles. The van der Waals surface area contributed by atoms with Crippen molar-refractivity contribution in [2.24, 2.45) is 0 Å². The van der Waals surface area contributed by atoms with Gasteiger partial charge < -0.3 is 15.4 Å². The van der Waals surface area contributed by atoms with Gasteiger partial charge in [0.2, 0.25) is 0 Å². The molecule has 1 aromatic heterocycles. The molecule has 2 rings (SSSR count). The Morgan fingerprint density at radius 2 is 2.19 bits per heavy atom. The number of halogens is 1. The molecule has 0 saturated carbocycles. The summed E-state index contributed by atoms with van der Waals surface area (Å²) in [7, 11) is 1.95. The lowest BCUT2D eigenvalue weighted by atomic mass is 10.1. The maximum Gasteiger partial charge on any atom is 0.338 e. The molecule has 0 aliphatic rings. The number of hydrogen-bond acceptors (Lipinski definition) is 5.